The van der Waals surface area contributed by atoms with Crippen molar-refractivity contribution in [1.29, 1.82) is 0 Å². The summed E-state index contributed by atoms with van der Waals surface area (Å²) < 4.78 is 0. The number of aliphatic hydroxyl groups excluding tert-OH is 1. The van der Waals surface area contributed by atoms with Gasteiger partial charge in [0, 0.05) is 6.54 Å². The number of aliphatic hydroxyl groups is 1. The van der Waals surface area contributed by atoms with Gasteiger partial charge in [-0.2, -0.15) is 0 Å². The monoisotopic (exact) mass is 241 g/mol. The maximum absolute atomic E-state index is 11.7. The quantitative estimate of drug-likeness (QED) is 0.741. The second-order valence-electron chi connectivity index (χ2n) is 4.24. The van der Waals surface area contributed by atoms with Gasteiger partial charge in [0.25, 0.3) is 5.91 Å². The standard InChI is InChI=1S/C12H19NO4/c1-3-5-6-9(12(16)17)13-7-8(4-2)10(14)11(13)15/h9,14H,3-7H2,1-2H3,(H,16,17). The van der Waals surface area contributed by atoms with Crippen molar-refractivity contribution in [3.63, 3.8) is 0 Å². The molecule has 0 aromatic carbocycles. The van der Waals surface area contributed by atoms with Crippen molar-refractivity contribution in [2.24, 2.45) is 0 Å². The highest BCUT2D eigenvalue weighted by molar-refractivity contribution is 5.97. The molecule has 2 N–H and O–H groups in total. The first-order valence-corrected chi connectivity index (χ1v) is 5.97. The predicted molar refractivity (Wildman–Crippen MR) is 62.6 cm³/mol. The summed E-state index contributed by atoms with van der Waals surface area (Å²) in [6.45, 7) is 4.05. The lowest BCUT2D eigenvalue weighted by molar-refractivity contribution is -0.148. The molecule has 0 aromatic rings. The highest BCUT2D eigenvalue weighted by Gasteiger charge is 2.37. The fourth-order valence-electron chi connectivity index (χ4n) is 1.98. The molecule has 0 saturated heterocycles. The van der Waals surface area contributed by atoms with Gasteiger partial charge in [0.15, 0.2) is 5.76 Å². The molecular formula is C12H19NO4. The molecule has 0 spiro atoms. The van der Waals surface area contributed by atoms with E-state index in [9.17, 15) is 14.7 Å². The smallest absolute Gasteiger partial charge is 0.326 e. The summed E-state index contributed by atoms with van der Waals surface area (Å²) in [5.74, 6) is -1.82. The molecule has 96 valence electrons. The second kappa shape index (κ2) is 5.70. The van der Waals surface area contributed by atoms with Gasteiger partial charge in [0.2, 0.25) is 0 Å². The molecule has 5 heteroatoms. The fraction of sp³-hybridized carbons (Fsp3) is 0.667. The van der Waals surface area contributed by atoms with Gasteiger partial charge in [-0.15, -0.1) is 0 Å². The van der Waals surface area contributed by atoms with Crippen LogP contribution in [-0.2, 0) is 9.59 Å². The third-order valence-corrected chi connectivity index (χ3v) is 3.08. The van der Waals surface area contributed by atoms with Crippen LogP contribution in [0.1, 0.15) is 39.5 Å². The van der Waals surface area contributed by atoms with Gasteiger partial charge in [-0.1, -0.05) is 26.7 Å². The number of unbranched alkanes of at least 4 members (excludes halogenated alkanes) is 1. The molecule has 0 aliphatic carbocycles. The number of amides is 1. The van der Waals surface area contributed by atoms with E-state index in [1.54, 1.807) is 0 Å². The van der Waals surface area contributed by atoms with E-state index in [1.165, 1.54) is 4.90 Å². The Morgan fingerprint density at radius 1 is 1.47 bits per heavy atom. The Morgan fingerprint density at radius 3 is 2.53 bits per heavy atom. The third kappa shape index (κ3) is 2.78. The lowest BCUT2D eigenvalue weighted by Crippen LogP contribution is -2.43. The topological polar surface area (TPSA) is 77.8 Å². The van der Waals surface area contributed by atoms with Crippen LogP contribution in [0.3, 0.4) is 0 Å². The highest BCUT2D eigenvalue weighted by atomic mass is 16.4. The number of carbonyl (C=O) groups is 2. The summed E-state index contributed by atoms with van der Waals surface area (Å²) in [5.41, 5.74) is 0.623. The zero-order chi connectivity index (χ0) is 13.0. The van der Waals surface area contributed by atoms with E-state index in [2.05, 4.69) is 0 Å². The van der Waals surface area contributed by atoms with Crippen molar-refractivity contribution >= 4 is 11.9 Å². The molecular weight excluding hydrogens is 222 g/mol. The Morgan fingerprint density at radius 2 is 2.12 bits per heavy atom. The lowest BCUT2D eigenvalue weighted by Gasteiger charge is -2.24. The average Bonchev–Trinajstić information content (AvgIpc) is 2.57. The Bertz CT molecular complexity index is 348. The molecule has 1 aliphatic rings. The lowest BCUT2D eigenvalue weighted by atomic mass is 10.1. The van der Waals surface area contributed by atoms with Crippen LogP contribution >= 0.6 is 0 Å². The first-order chi connectivity index (χ1) is 8.02. The van der Waals surface area contributed by atoms with E-state index in [0.717, 1.165) is 12.8 Å². The number of carbonyl (C=O) groups excluding carboxylic acids is 1. The van der Waals surface area contributed by atoms with Crippen LogP contribution in [0.5, 0.6) is 0 Å². The van der Waals surface area contributed by atoms with E-state index in [1.807, 2.05) is 13.8 Å². The first kappa shape index (κ1) is 13.5. The van der Waals surface area contributed by atoms with Gasteiger partial charge in [-0.05, 0) is 18.4 Å². The van der Waals surface area contributed by atoms with Crippen LogP contribution in [0.25, 0.3) is 0 Å². The van der Waals surface area contributed by atoms with E-state index in [-0.39, 0.29) is 12.3 Å². The summed E-state index contributed by atoms with van der Waals surface area (Å²) in [4.78, 5) is 24.1. The Kier molecular flexibility index (Phi) is 4.54. The SMILES string of the molecule is CCCCC(C(=O)O)N1CC(CC)=C(O)C1=O. The summed E-state index contributed by atoms with van der Waals surface area (Å²) in [6.07, 6.45) is 2.63. The third-order valence-electron chi connectivity index (χ3n) is 3.08. The maximum atomic E-state index is 11.7. The molecule has 1 heterocycles. The molecule has 5 nitrogen and oxygen atoms in total. The van der Waals surface area contributed by atoms with E-state index in [0.29, 0.717) is 18.4 Å². The minimum Gasteiger partial charge on any atom is -0.503 e. The van der Waals surface area contributed by atoms with Crippen LogP contribution in [0.4, 0.5) is 0 Å². The van der Waals surface area contributed by atoms with Gasteiger partial charge < -0.3 is 15.1 Å². The molecule has 0 aromatic heterocycles. The number of aliphatic carboxylic acids is 1. The van der Waals surface area contributed by atoms with Gasteiger partial charge >= 0.3 is 5.97 Å². The van der Waals surface area contributed by atoms with Crippen LogP contribution in [0, 0.1) is 0 Å². The normalized spacial score (nSPS) is 17.8. The molecule has 0 radical (unpaired) electrons. The van der Waals surface area contributed by atoms with Gasteiger partial charge in [0.1, 0.15) is 6.04 Å². The number of rotatable bonds is 6. The number of carboxylic acid groups (broad SMARTS) is 1. The van der Waals surface area contributed by atoms with Crippen molar-refractivity contribution in [3.8, 4) is 0 Å². The Hall–Kier alpha value is -1.52. The van der Waals surface area contributed by atoms with E-state index >= 15 is 0 Å². The van der Waals surface area contributed by atoms with Crippen LogP contribution in [0.15, 0.2) is 11.3 Å². The van der Waals surface area contributed by atoms with Crippen molar-refractivity contribution in [2.45, 2.75) is 45.6 Å². The summed E-state index contributed by atoms with van der Waals surface area (Å²) in [6, 6.07) is -0.825. The average molecular weight is 241 g/mol. The minimum atomic E-state index is -1.00. The maximum Gasteiger partial charge on any atom is 0.326 e. The molecule has 1 atom stereocenters. The van der Waals surface area contributed by atoms with Crippen molar-refractivity contribution in [2.75, 3.05) is 6.54 Å². The minimum absolute atomic E-state index is 0.238. The molecule has 1 unspecified atom stereocenters. The molecule has 1 rings (SSSR count). The molecule has 1 amide bonds. The van der Waals surface area contributed by atoms with Crippen LogP contribution < -0.4 is 0 Å². The van der Waals surface area contributed by atoms with E-state index in [4.69, 9.17) is 5.11 Å². The summed E-state index contributed by atoms with van der Waals surface area (Å²) in [5, 5.41) is 18.7. The number of hydrogen-bond acceptors (Lipinski definition) is 3. The van der Waals surface area contributed by atoms with Gasteiger partial charge in [-0.25, -0.2) is 4.79 Å². The van der Waals surface area contributed by atoms with Crippen molar-refractivity contribution in [3.05, 3.63) is 11.3 Å². The highest BCUT2D eigenvalue weighted by Crippen LogP contribution is 2.23. The molecule has 17 heavy (non-hydrogen) atoms. The zero-order valence-corrected chi connectivity index (χ0v) is 10.3. The zero-order valence-electron chi connectivity index (χ0n) is 10.3. The summed E-state index contributed by atoms with van der Waals surface area (Å²) in [7, 11) is 0. The van der Waals surface area contributed by atoms with Crippen LogP contribution in [-0.4, -0.2) is 39.6 Å². The molecule has 0 bridgehead atoms. The summed E-state index contributed by atoms with van der Waals surface area (Å²) >= 11 is 0. The molecule has 1 aliphatic heterocycles. The molecule has 0 fully saturated rings. The number of carboxylic acids is 1. The van der Waals surface area contributed by atoms with Gasteiger partial charge in [-0.3, -0.25) is 4.79 Å². The first-order valence-electron chi connectivity index (χ1n) is 5.97. The Labute approximate surface area is 101 Å². The predicted octanol–water partition coefficient (Wildman–Crippen LogP) is 1.69. The molecule has 0 saturated carbocycles. The largest absolute Gasteiger partial charge is 0.503 e. The van der Waals surface area contributed by atoms with Gasteiger partial charge in [0.05, 0.1) is 0 Å². The number of hydrogen-bond donors (Lipinski definition) is 2. The fourth-order valence-corrected chi connectivity index (χ4v) is 1.98. The van der Waals surface area contributed by atoms with Crippen molar-refractivity contribution < 1.29 is 19.8 Å². The van der Waals surface area contributed by atoms with Crippen molar-refractivity contribution in [1.82, 2.24) is 4.90 Å². The van der Waals surface area contributed by atoms with E-state index < -0.39 is 17.9 Å². The second-order valence-corrected chi connectivity index (χ2v) is 4.24. The number of nitrogens with zero attached hydrogens (tertiary/aromatic N) is 1. The Balaban J connectivity index is 2.79. The van der Waals surface area contributed by atoms with Crippen LogP contribution in [0.2, 0.25) is 0 Å².